The molecule has 0 aliphatic heterocycles. The normalized spacial score (nSPS) is 16.2. The van der Waals surface area contributed by atoms with Crippen LogP contribution in [0.1, 0.15) is 8.35 Å². The van der Waals surface area contributed by atoms with Gasteiger partial charge in [0.05, 0.1) is 6.61 Å². The number of hydrogen-bond donors (Lipinski definition) is 1. The first-order valence-electron chi connectivity index (χ1n) is 1.68. The summed E-state index contributed by atoms with van der Waals surface area (Å²) < 4.78 is 22.2. The predicted octanol–water partition coefficient (Wildman–Crippen LogP) is -2.73. The molecule has 0 radical (unpaired) electrons. The zero-order valence-electron chi connectivity index (χ0n) is 5.79. The second-order valence-corrected chi connectivity index (χ2v) is 3.19. The molecule has 46 valence electrons. The predicted molar refractivity (Wildman–Crippen MR) is 30.9 cm³/mol. The molecule has 0 aromatic rings. The molecule has 1 N–H and O–H groups in total. The average Bonchev–Trinajstić information content (AvgIpc) is 1.30. The molecule has 8 heavy (non-hydrogen) atoms. The van der Waals surface area contributed by atoms with E-state index in [9.17, 15) is 4.21 Å². The van der Waals surface area contributed by atoms with Crippen molar-refractivity contribution >= 4 is 20.2 Å². The van der Waals surface area contributed by atoms with Gasteiger partial charge in [0, 0.05) is 11.2 Å². The largest absolute Gasteiger partial charge is 1.00 e. The van der Waals surface area contributed by atoms with Gasteiger partial charge in [-0.05, 0) is 6.92 Å². The van der Waals surface area contributed by atoms with Crippen LogP contribution in [0.25, 0.3) is 0 Å². The van der Waals surface area contributed by atoms with Crippen LogP contribution in [0.5, 0.6) is 0 Å². The van der Waals surface area contributed by atoms with Crippen LogP contribution in [0.15, 0.2) is 0 Å². The molecule has 0 aliphatic rings. The van der Waals surface area contributed by atoms with Gasteiger partial charge in [-0.1, -0.05) is 0 Å². The van der Waals surface area contributed by atoms with Crippen LogP contribution >= 0.6 is 0 Å². The van der Waals surface area contributed by atoms with Crippen LogP contribution in [0.2, 0.25) is 0 Å². The van der Waals surface area contributed by atoms with E-state index in [2.05, 4.69) is 15.4 Å². The van der Waals surface area contributed by atoms with E-state index >= 15 is 0 Å². The minimum Gasteiger partial charge on any atom is -1.00 e. The molecule has 0 saturated carbocycles. The molecule has 0 aliphatic carbocycles. The van der Waals surface area contributed by atoms with Gasteiger partial charge in [-0.3, -0.25) is 8.74 Å². The zero-order valence-corrected chi connectivity index (χ0v) is 8.42. The molecule has 0 amide bonds. The molecule has 0 aromatic carbocycles. The van der Waals surface area contributed by atoms with Crippen LogP contribution in [0.3, 0.4) is 0 Å². The van der Waals surface area contributed by atoms with Gasteiger partial charge in [0.2, 0.25) is 0 Å². The van der Waals surface area contributed by atoms with Crippen LogP contribution in [0, 0.1) is 0 Å². The minimum atomic E-state index is -3.34. The van der Waals surface area contributed by atoms with E-state index in [0.717, 1.165) is 0 Å². The molecule has 6 heteroatoms. The zero-order chi connectivity index (χ0) is 5.91. The van der Waals surface area contributed by atoms with E-state index in [-0.39, 0.29) is 37.6 Å². The molecule has 1 unspecified atom stereocenters. The van der Waals surface area contributed by atoms with E-state index in [1.165, 1.54) is 0 Å². The van der Waals surface area contributed by atoms with Gasteiger partial charge >= 0.3 is 29.6 Å². The SMILES string of the molecule is CCOS(=O)(O)=S.[H-].[Na+]. The maximum atomic E-state index is 9.93. The van der Waals surface area contributed by atoms with Crippen LogP contribution < -0.4 is 29.6 Å². The minimum absolute atomic E-state index is 0. The Morgan fingerprint density at radius 2 is 2.38 bits per heavy atom. The van der Waals surface area contributed by atoms with Crippen molar-refractivity contribution in [3.05, 3.63) is 0 Å². The first-order chi connectivity index (χ1) is 3.06. The van der Waals surface area contributed by atoms with Gasteiger partial charge in [-0.2, -0.15) is 4.21 Å². The van der Waals surface area contributed by atoms with Crippen molar-refractivity contribution in [2.45, 2.75) is 6.92 Å². The fourth-order valence-corrected chi connectivity index (χ4v) is 0.735. The Kier molecular flexibility index (Phi) is 7.67. The molecule has 0 spiro atoms. The Balaban J connectivity index is -0.000000180. The number of rotatable bonds is 2. The van der Waals surface area contributed by atoms with Gasteiger partial charge in [-0.25, -0.2) is 0 Å². The van der Waals surface area contributed by atoms with E-state index in [1.54, 1.807) is 6.92 Å². The Morgan fingerprint density at radius 3 is 2.38 bits per heavy atom. The second-order valence-electron chi connectivity index (χ2n) is 0.834. The van der Waals surface area contributed by atoms with Crippen molar-refractivity contribution < 1.29 is 43.9 Å². The van der Waals surface area contributed by atoms with Crippen molar-refractivity contribution in [1.82, 2.24) is 0 Å². The maximum absolute atomic E-state index is 9.93. The Morgan fingerprint density at radius 1 is 2.00 bits per heavy atom. The second kappa shape index (κ2) is 5.10. The van der Waals surface area contributed by atoms with E-state index < -0.39 is 9.05 Å². The molecule has 1 atom stereocenters. The third-order valence-electron chi connectivity index (χ3n) is 0.267. The summed E-state index contributed by atoms with van der Waals surface area (Å²) in [6.07, 6.45) is 0. The third kappa shape index (κ3) is 10.3. The van der Waals surface area contributed by atoms with Crippen LogP contribution in [-0.4, -0.2) is 15.4 Å². The molecule has 0 heterocycles. The molecule has 0 bridgehead atoms. The molecular weight excluding hydrogens is 159 g/mol. The quantitative estimate of drug-likeness (QED) is 0.453. The maximum Gasteiger partial charge on any atom is 1.00 e. The van der Waals surface area contributed by atoms with Gasteiger partial charge in [0.25, 0.3) is 9.05 Å². The summed E-state index contributed by atoms with van der Waals surface area (Å²) in [5.74, 6) is 0. The van der Waals surface area contributed by atoms with Crippen molar-refractivity contribution in [3.8, 4) is 0 Å². The summed E-state index contributed by atoms with van der Waals surface area (Å²) in [4.78, 5) is 0. The fraction of sp³-hybridized carbons (Fsp3) is 1.00. The summed E-state index contributed by atoms with van der Waals surface area (Å²) in [5.41, 5.74) is 0. The molecular formula is C2H7NaO3S2. The van der Waals surface area contributed by atoms with Crippen molar-refractivity contribution in [2.24, 2.45) is 0 Å². The molecule has 0 fully saturated rings. The van der Waals surface area contributed by atoms with E-state index in [4.69, 9.17) is 4.55 Å². The summed E-state index contributed by atoms with van der Waals surface area (Å²) in [6, 6.07) is 0. The molecule has 0 rings (SSSR count). The summed E-state index contributed by atoms with van der Waals surface area (Å²) in [5, 5.41) is 0. The number of hydrogen-bond acceptors (Lipinski definition) is 3. The molecule has 0 saturated heterocycles. The monoisotopic (exact) mass is 166 g/mol. The van der Waals surface area contributed by atoms with Gasteiger partial charge < -0.3 is 1.43 Å². The third-order valence-corrected chi connectivity index (χ3v) is 1.09. The van der Waals surface area contributed by atoms with Gasteiger partial charge in [-0.15, -0.1) is 0 Å². The van der Waals surface area contributed by atoms with E-state index in [1.807, 2.05) is 0 Å². The average molecular weight is 166 g/mol. The van der Waals surface area contributed by atoms with Gasteiger partial charge in [0.15, 0.2) is 0 Å². The first-order valence-corrected chi connectivity index (χ1v) is 4.04. The van der Waals surface area contributed by atoms with E-state index in [0.29, 0.717) is 0 Å². The van der Waals surface area contributed by atoms with Gasteiger partial charge in [0.1, 0.15) is 0 Å². The summed E-state index contributed by atoms with van der Waals surface area (Å²) in [7, 11) is -3.34. The van der Waals surface area contributed by atoms with Crippen LogP contribution in [-0.2, 0) is 24.4 Å². The summed E-state index contributed by atoms with van der Waals surface area (Å²) >= 11 is 3.95. The van der Waals surface area contributed by atoms with Crippen molar-refractivity contribution in [1.29, 1.82) is 0 Å². The molecule has 3 nitrogen and oxygen atoms in total. The van der Waals surface area contributed by atoms with Crippen LogP contribution in [0.4, 0.5) is 0 Å². The fourth-order valence-electron chi connectivity index (χ4n) is 0.149. The Labute approximate surface area is 77.3 Å². The van der Waals surface area contributed by atoms with Crippen molar-refractivity contribution in [3.63, 3.8) is 0 Å². The molecule has 0 aromatic heterocycles. The standard InChI is InChI=1S/C2H6O3S2.Na.H/c1-2-5-7(3,4)6;;/h2H2,1H3,(H,3,4,6);;/q;+1;-1. The Bertz CT molecular complexity index is 133. The Hall–Kier alpha value is 1.29. The topological polar surface area (TPSA) is 46.5 Å². The summed E-state index contributed by atoms with van der Waals surface area (Å²) in [6.45, 7) is 1.78. The smallest absolute Gasteiger partial charge is 1.00 e. The van der Waals surface area contributed by atoms with Crippen molar-refractivity contribution in [2.75, 3.05) is 6.61 Å². The first kappa shape index (κ1) is 12.0.